The highest BCUT2D eigenvalue weighted by atomic mass is 19.4. The lowest BCUT2D eigenvalue weighted by atomic mass is 9.80. The Labute approximate surface area is 108 Å². The summed E-state index contributed by atoms with van der Waals surface area (Å²) in [7, 11) is 0. The molecule has 1 nitrogen and oxygen atoms in total. The van der Waals surface area contributed by atoms with E-state index in [1.165, 1.54) is 19.3 Å². The minimum atomic E-state index is -4.03. The lowest BCUT2D eigenvalue weighted by molar-refractivity contribution is -0.189. The lowest BCUT2D eigenvalue weighted by Gasteiger charge is -2.37. The number of nitrogens with one attached hydrogen (secondary N) is 1. The highest BCUT2D eigenvalue weighted by molar-refractivity contribution is 4.88. The Hall–Kier alpha value is -0.250. The summed E-state index contributed by atoms with van der Waals surface area (Å²) in [5.41, 5.74) is 0. The second-order valence-corrected chi connectivity index (χ2v) is 6.14. The smallest absolute Gasteiger partial charge is 0.311 e. The van der Waals surface area contributed by atoms with Gasteiger partial charge in [0.05, 0.1) is 5.92 Å². The molecule has 0 aromatic rings. The molecule has 0 heterocycles. The van der Waals surface area contributed by atoms with Gasteiger partial charge in [-0.05, 0) is 32.1 Å². The predicted octanol–water partition coefficient (Wildman–Crippen LogP) is 4.28. The average molecular weight is 263 g/mol. The van der Waals surface area contributed by atoms with Crippen LogP contribution in [-0.2, 0) is 0 Å². The highest BCUT2D eigenvalue weighted by Gasteiger charge is 2.45. The van der Waals surface area contributed by atoms with Gasteiger partial charge in [-0.3, -0.25) is 0 Å². The molecule has 2 aliphatic carbocycles. The van der Waals surface area contributed by atoms with Gasteiger partial charge in [-0.2, -0.15) is 13.2 Å². The fourth-order valence-corrected chi connectivity index (χ4v) is 3.38. The molecule has 0 spiro atoms. The topological polar surface area (TPSA) is 12.0 Å². The van der Waals surface area contributed by atoms with Crippen LogP contribution < -0.4 is 5.32 Å². The predicted molar refractivity (Wildman–Crippen MR) is 66.4 cm³/mol. The number of hydrogen-bond donors (Lipinski definition) is 1. The Bertz CT molecular complexity index is 260. The molecule has 2 rings (SSSR count). The zero-order valence-electron chi connectivity index (χ0n) is 11.1. The van der Waals surface area contributed by atoms with Crippen molar-refractivity contribution in [1.29, 1.82) is 0 Å². The van der Waals surface area contributed by atoms with E-state index in [9.17, 15) is 13.2 Å². The van der Waals surface area contributed by atoms with Crippen LogP contribution in [0, 0.1) is 11.8 Å². The maximum Gasteiger partial charge on any atom is 0.393 e. The second-order valence-electron chi connectivity index (χ2n) is 6.14. The molecule has 0 saturated heterocycles. The average Bonchev–Trinajstić information content (AvgIpc) is 2.23. The van der Waals surface area contributed by atoms with Crippen molar-refractivity contribution in [2.75, 3.05) is 0 Å². The Morgan fingerprint density at radius 1 is 1.06 bits per heavy atom. The first-order valence-corrected chi connectivity index (χ1v) is 7.29. The van der Waals surface area contributed by atoms with Crippen molar-refractivity contribution in [3.05, 3.63) is 0 Å². The van der Waals surface area contributed by atoms with Crippen LogP contribution in [0.5, 0.6) is 0 Å². The molecule has 2 aliphatic rings. The molecule has 18 heavy (non-hydrogen) atoms. The van der Waals surface area contributed by atoms with Crippen LogP contribution in [0.25, 0.3) is 0 Å². The molecule has 0 amide bonds. The summed E-state index contributed by atoms with van der Waals surface area (Å²) in [5.74, 6) is -0.379. The van der Waals surface area contributed by atoms with Crippen LogP contribution in [0.4, 0.5) is 13.2 Å². The van der Waals surface area contributed by atoms with Crippen molar-refractivity contribution in [2.45, 2.75) is 76.6 Å². The van der Waals surface area contributed by atoms with Gasteiger partial charge in [0.1, 0.15) is 0 Å². The molecular formula is C14H24F3N. The summed E-state index contributed by atoms with van der Waals surface area (Å²) in [5, 5.41) is 3.25. The first kappa shape index (κ1) is 14.2. The normalized spacial score (nSPS) is 32.0. The molecule has 0 radical (unpaired) electrons. The van der Waals surface area contributed by atoms with E-state index >= 15 is 0 Å². The van der Waals surface area contributed by atoms with Gasteiger partial charge < -0.3 is 5.32 Å². The lowest BCUT2D eigenvalue weighted by Crippen LogP contribution is -2.49. The second kappa shape index (κ2) is 5.81. The molecular weight excluding hydrogens is 239 g/mol. The largest absolute Gasteiger partial charge is 0.393 e. The van der Waals surface area contributed by atoms with Crippen LogP contribution in [0.2, 0.25) is 0 Å². The third-order valence-corrected chi connectivity index (χ3v) is 4.60. The van der Waals surface area contributed by atoms with Gasteiger partial charge >= 0.3 is 6.18 Å². The monoisotopic (exact) mass is 263 g/mol. The zero-order valence-corrected chi connectivity index (χ0v) is 11.1. The van der Waals surface area contributed by atoms with Crippen molar-refractivity contribution in [3.8, 4) is 0 Å². The van der Waals surface area contributed by atoms with Crippen LogP contribution >= 0.6 is 0 Å². The van der Waals surface area contributed by atoms with E-state index in [1.54, 1.807) is 0 Å². The Morgan fingerprint density at radius 3 is 2.28 bits per heavy atom. The van der Waals surface area contributed by atoms with Crippen molar-refractivity contribution in [2.24, 2.45) is 11.8 Å². The minimum Gasteiger partial charge on any atom is -0.311 e. The Morgan fingerprint density at radius 2 is 1.72 bits per heavy atom. The molecule has 2 saturated carbocycles. The van der Waals surface area contributed by atoms with Gasteiger partial charge in [-0.15, -0.1) is 0 Å². The maximum atomic E-state index is 12.9. The first-order chi connectivity index (χ1) is 8.47. The van der Waals surface area contributed by atoms with E-state index < -0.39 is 12.1 Å². The molecule has 0 aliphatic heterocycles. The SMILES string of the molecule is CC(CC1CCC1)NC1CCCCC1C(F)(F)F. The van der Waals surface area contributed by atoms with Crippen LogP contribution in [-0.4, -0.2) is 18.3 Å². The summed E-state index contributed by atoms with van der Waals surface area (Å²) in [4.78, 5) is 0. The van der Waals surface area contributed by atoms with Crippen molar-refractivity contribution < 1.29 is 13.2 Å². The molecule has 4 heteroatoms. The molecule has 0 aromatic carbocycles. The first-order valence-electron chi connectivity index (χ1n) is 7.29. The van der Waals surface area contributed by atoms with E-state index in [2.05, 4.69) is 5.32 Å². The fraction of sp³-hybridized carbons (Fsp3) is 1.00. The quantitative estimate of drug-likeness (QED) is 0.798. The third kappa shape index (κ3) is 3.62. The highest BCUT2D eigenvalue weighted by Crippen LogP contribution is 2.38. The molecule has 3 atom stereocenters. The standard InChI is InChI=1S/C14H24F3N/c1-10(9-11-5-4-6-11)18-13-8-3-2-7-12(13)14(15,16)17/h10-13,18H,2-9H2,1H3. The van der Waals surface area contributed by atoms with E-state index in [1.807, 2.05) is 6.92 Å². The molecule has 106 valence electrons. The molecule has 0 bridgehead atoms. The van der Waals surface area contributed by atoms with Gasteiger partial charge in [0.15, 0.2) is 0 Å². The summed E-state index contributed by atoms with van der Waals surface area (Å²) >= 11 is 0. The number of rotatable bonds is 4. The van der Waals surface area contributed by atoms with E-state index in [-0.39, 0.29) is 12.1 Å². The van der Waals surface area contributed by atoms with Gasteiger partial charge in [0.2, 0.25) is 0 Å². The number of halogens is 3. The molecule has 0 aromatic heterocycles. The Kier molecular flexibility index (Phi) is 4.57. The van der Waals surface area contributed by atoms with E-state index in [0.717, 1.165) is 25.2 Å². The zero-order chi connectivity index (χ0) is 13.2. The van der Waals surface area contributed by atoms with Crippen LogP contribution in [0.3, 0.4) is 0 Å². The summed E-state index contributed by atoms with van der Waals surface area (Å²) in [6.45, 7) is 2.04. The Balaban J connectivity index is 1.84. The third-order valence-electron chi connectivity index (χ3n) is 4.60. The van der Waals surface area contributed by atoms with E-state index in [4.69, 9.17) is 0 Å². The minimum absolute atomic E-state index is 0.225. The number of alkyl halides is 3. The van der Waals surface area contributed by atoms with Gasteiger partial charge in [0, 0.05) is 12.1 Å². The van der Waals surface area contributed by atoms with Gasteiger partial charge in [-0.25, -0.2) is 0 Å². The molecule has 2 fully saturated rings. The summed E-state index contributed by atoms with van der Waals surface area (Å²) in [6, 6.07) is -0.128. The van der Waals surface area contributed by atoms with Gasteiger partial charge in [0.25, 0.3) is 0 Å². The number of hydrogen-bond acceptors (Lipinski definition) is 1. The maximum absolute atomic E-state index is 12.9. The summed E-state index contributed by atoms with van der Waals surface area (Å²) in [6.07, 6.45) is 3.47. The van der Waals surface area contributed by atoms with Gasteiger partial charge in [-0.1, -0.05) is 32.1 Å². The molecule has 1 N–H and O–H groups in total. The van der Waals surface area contributed by atoms with Crippen LogP contribution in [0.1, 0.15) is 58.3 Å². The van der Waals surface area contributed by atoms with E-state index in [0.29, 0.717) is 12.8 Å². The van der Waals surface area contributed by atoms with Crippen LogP contribution in [0.15, 0.2) is 0 Å². The fourth-order valence-electron chi connectivity index (χ4n) is 3.38. The van der Waals surface area contributed by atoms with Crippen molar-refractivity contribution in [1.82, 2.24) is 5.32 Å². The van der Waals surface area contributed by atoms with Crippen molar-refractivity contribution >= 4 is 0 Å². The molecule has 3 unspecified atom stereocenters. The summed E-state index contributed by atoms with van der Waals surface area (Å²) < 4.78 is 38.8. The van der Waals surface area contributed by atoms with Crippen molar-refractivity contribution in [3.63, 3.8) is 0 Å².